The molecule has 7 nitrogen and oxygen atoms in total. The topological polar surface area (TPSA) is 92.8 Å². The van der Waals surface area contributed by atoms with Crippen LogP contribution in [-0.4, -0.2) is 45.3 Å². The summed E-state index contributed by atoms with van der Waals surface area (Å²) in [6.45, 7) is 1.46. The van der Waals surface area contributed by atoms with Crippen LogP contribution in [0.1, 0.15) is 15.9 Å². The van der Waals surface area contributed by atoms with Crippen LogP contribution in [0.2, 0.25) is 0 Å². The molecule has 138 valence electrons. The maximum absolute atomic E-state index is 12.0. The van der Waals surface area contributed by atoms with Crippen molar-refractivity contribution in [1.29, 1.82) is 0 Å². The fraction of sp³-hybridized carbons (Fsp3) is 0.222. The molecule has 1 N–H and O–H groups in total. The quantitative estimate of drug-likeness (QED) is 0.779. The number of aryl methyl sites for hydroxylation is 1. The molecule has 2 aromatic carbocycles. The molecule has 26 heavy (non-hydrogen) atoms. The average molecular weight is 376 g/mol. The van der Waals surface area contributed by atoms with Crippen LogP contribution in [0.25, 0.3) is 0 Å². The highest BCUT2D eigenvalue weighted by Gasteiger charge is 2.17. The molecular weight excluding hydrogens is 356 g/mol. The highest BCUT2D eigenvalue weighted by atomic mass is 32.2. The van der Waals surface area contributed by atoms with Gasteiger partial charge in [-0.05, 0) is 43.3 Å². The zero-order chi connectivity index (χ0) is 19.3. The predicted molar refractivity (Wildman–Crippen MR) is 97.4 cm³/mol. The molecule has 0 saturated heterocycles. The first kappa shape index (κ1) is 19.6. The SMILES string of the molecule is Cc1ccc(C(=O)OCC(=O)Nc2ccc(S(=O)(=O)N(C)C)cc2)cc1. The van der Waals surface area contributed by atoms with E-state index in [1.54, 1.807) is 24.3 Å². The molecule has 0 heterocycles. The smallest absolute Gasteiger partial charge is 0.338 e. The molecule has 0 aliphatic carbocycles. The number of hydrogen-bond donors (Lipinski definition) is 1. The van der Waals surface area contributed by atoms with Gasteiger partial charge in [-0.15, -0.1) is 0 Å². The number of anilines is 1. The first-order valence-electron chi connectivity index (χ1n) is 7.76. The van der Waals surface area contributed by atoms with E-state index in [0.29, 0.717) is 11.3 Å². The number of benzene rings is 2. The first-order chi connectivity index (χ1) is 12.2. The number of sulfonamides is 1. The fourth-order valence-electron chi connectivity index (χ4n) is 2.02. The van der Waals surface area contributed by atoms with Crippen molar-refractivity contribution in [2.75, 3.05) is 26.0 Å². The standard InChI is InChI=1S/C18H20N2O5S/c1-13-4-6-14(7-5-13)18(22)25-12-17(21)19-15-8-10-16(11-9-15)26(23,24)20(2)3/h4-11H,12H2,1-3H3,(H,19,21). The summed E-state index contributed by atoms with van der Waals surface area (Å²) in [5, 5.41) is 2.54. The Labute approximate surface area is 152 Å². The maximum Gasteiger partial charge on any atom is 0.338 e. The van der Waals surface area contributed by atoms with Gasteiger partial charge in [0.1, 0.15) is 0 Å². The maximum atomic E-state index is 12.0. The Morgan fingerprint density at radius 3 is 2.12 bits per heavy atom. The van der Waals surface area contributed by atoms with Gasteiger partial charge in [-0.1, -0.05) is 17.7 Å². The molecule has 0 spiro atoms. The lowest BCUT2D eigenvalue weighted by atomic mass is 10.1. The van der Waals surface area contributed by atoms with Crippen molar-refractivity contribution in [3.8, 4) is 0 Å². The normalized spacial score (nSPS) is 11.2. The fourth-order valence-corrected chi connectivity index (χ4v) is 2.92. The summed E-state index contributed by atoms with van der Waals surface area (Å²) in [6, 6.07) is 12.5. The Morgan fingerprint density at radius 1 is 1.00 bits per heavy atom. The van der Waals surface area contributed by atoms with E-state index in [0.717, 1.165) is 9.87 Å². The van der Waals surface area contributed by atoms with E-state index in [-0.39, 0.29) is 4.90 Å². The number of carbonyl (C=O) groups excluding carboxylic acids is 2. The number of hydrogen-bond acceptors (Lipinski definition) is 5. The highest BCUT2D eigenvalue weighted by Crippen LogP contribution is 2.16. The third kappa shape index (κ3) is 4.90. The molecule has 2 rings (SSSR count). The van der Waals surface area contributed by atoms with Gasteiger partial charge in [0.25, 0.3) is 5.91 Å². The van der Waals surface area contributed by atoms with Gasteiger partial charge in [0.05, 0.1) is 10.5 Å². The number of nitrogens with zero attached hydrogens (tertiary/aromatic N) is 1. The van der Waals surface area contributed by atoms with Crippen LogP contribution in [0.4, 0.5) is 5.69 Å². The molecule has 0 aliphatic rings. The molecule has 0 radical (unpaired) electrons. The van der Waals surface area contributed by atoms with Gasteiger partial charge >= 0.3 is 5.97 Å². The Bertz CT molecular complexity index is 888. The number of esters is 1. The van der Waals surface area contributed by atoms with Crippen molar-refractivity contribution in [3.63, 3.8) is 0 Å². The van der Waals surface area contributed by atoms with Crippen LogP contribution in [0.15, 0.2) is 53.4 Å². The Hall–Kier alpha value is -2.71. The molecular formula is C18H20N2O5S. The van der Waals surface area contributed by atoms with E-state index >= 15 is 0 Å². The molecule has 0 unspecified atom stereocenters. The van der Waals surface area contributed by atoms with Gasteiger partial charge in [-0.25, -0.2) is 17.5 Å². The van der Waals surface area contributed by atoms with Gasteiger partial charge in [-0.2, -0.15) is 0 Å². The van der Waals surface area contributed by atoms with E-state index in [9.17, 15) is 18.0 Å². The minimum absolute atomic E-state index is 0.117. The monoisotopic (exact) mass is 376 g/mol. The molecule has 2 aromatic rings. The van der Waals surface area contributed by atoms with Crippen LogP contribution in [0.3, 0.4) is 0 Å². The largest absolute Gasteiger partial charge is 0.452 e. The molecule has 0 aromatic heterocycles. The Balaban J connectivity index is 1.91. The zero-order valence-electron chi connectivity index (χ0n) is 14.7. The van der Waals surface area contributed by atoms with E-state index in [4.69, 9.17) is 4.74 Å². The molecule has 0 aliphatic heterocycles. The average Bonchev–Trinajstić information content (AvgIpc) is 2.60. The van der Waals surface area contributed by atoms with Crippen LogP contribution in [0, 0.1) is 6.92 Å². The van der Waals surface area contributed by atoms with E-state index < -0.39 is 28.5 Å². The number of nitrogens with one attached hydrogen (secondary N) is 1. The number of carbonyl (C=O) groups is 2. The van der Waals surface area contributed by atoms with E-state index in [2.05, 4.69) is 5.32 Å². The lowest BCUT2D eigenvalue weighted by Crippen LogP contribution is -2.22. The summed E-state index contributed by atoms with van der Waals surface area (Å²) in [5.74, 6) is -1.11. The number of amides is 1. The van der Waals surface area contributed by atoms with E-state index in [1.807, 2.05) is 6.92 Å². The summed E-state index contributed by atoms with van der Waals surface area (Å²) < 4.78 is 30.0. The second-order valence-electron chi connectivity index (χ2n) is 5.80. The van der Waals surface area contributed by atoms with Gasteiger partial charge in [0.2, 0.25) is 10.0 Å². The zero-order valence-corrected chi connectivity index (χ0v) is 15.5. The van der Waals surface area contributed by atoms with Crippen molar-refractivity contribution in [1.82, 2.24) is 4.31 Å². The molecule has 0 fully saturated rings. The first-order valence-corrected chi connectivity index (χ1v) is 9.20. The summed E-state index contributed by atoms with van der Waals surface area (Å²) in [5.41, 5.74) is 1.78. The van der Waals surface area contributed by atoms with E-state index in [1.165, 1.54) is 38.4 Å². The minimum Gasteiger partial charge on any atom is -0.452 e. The molecule has 0 saturated carbocycles. The van der Waals surface area contributed by atoms with Crippen molar-refractivity contribution in [2.45, 2.75) is 11.8 Å². The van der Waals surface area contributed by atoms with Crippen molar-refractivity contribution in [3.05, 3.63) is 59.7 Å². The molecule has 1 amide bonds. The Morgan fingerprint density at radius 2 is 1.58 bits per heavy atom. The van der Waals surface area contributed by atoms with Crippen molar-refractivity contribution >= 4 is 27.6 Å². The molecule has 8 heteroatoms. The summed E-state index contributed by atoms with van der Waals surface area (Å²) >= 11 is 0. The summed E-state index contributed by atoms with van der Waals surface area (Å²) in [6.07, 6.45) is 0. The van der Waals surface area contributed by atoms with Gasteiger partial charge in [0.15, 0.2) is 6.61 Å². The lowest BCUT2D eigenvalue weighted by molar-refractivity contribution is -0.119. The van der Waals surface area contributed by atoms with Crippen LogP contribution >= 0.6 is 0 Å². The van der Waals surface area contributed by atoms with Crippen molar-refractivity contribution in [2.24, 2.45) is 0 Å². The Kier molecular flexibility index (Phi) is 6.12. The number of ether oxygens (including phenoxy) is 1. The second kappa shape index (κ2) is 8.11. The van der Waals surface area contributed by atoms with Gasteiger partial charge in [0, 0.05) is 19.8 Å². The van der Waals surface area contributed by atoms with Crippen molar-refractivity contribution < 1.29 is 22.7 Å². The highest BCUT2D eigenvalue weighted by molar-refractivity contribution is 7.89. The van der Waals surface area contributed by atoms with Gasteiger partial charge < -0.3 is 10.1 Å². The van der Waals surface area contributed by atoms with Crippen LogP contribution < -0.4 is 5.32 Å². The minimum atomic E-state index is -3.53. The molecule has 0 atom stereocenters. The second-order valence-corrected chi connectivity index (χ2v) is 7.95. The van der Waals surface area contributed by atoms with Crippen LogP contribution in [-0.2, 0) is 19.6 Å². The number of rotatable bonds is 6. The predicted octanol–water partition coefficient (Wildman–Crippen LogP) is 2.04. The third-order valence-corrected chi connectivity index (χ3v) is 5.37. The molecule has 0 bridgehead atoms. The lowest BCUT2D eigenvalue weighted by Gasteiger charge is -2.12. The summed E-state index contributed by atoms with van der Waals surface area (Å²) in [4.78, 5) is 23.9. The summed E-state index contributed by atoms with van der Waals surface area (Å²) in [7, 11) is -0.650. The third-order valence-electron chi connectivity index (χ3n) is 3.54. The van der Waals surface area contributed by atoms with Crippen LogP contribution in [0.5, 0.6) is 0 Å². The van der Waals surface area contributed by atoms with Gasteiger partial charge in [-0.3, -0.25) is 4.79 Å².